The normalized spacial score (nSPS) is 12.4. The van der Waals surface area contributed by atoms with Crippen LogP contribution < -0.4 is 5.32 Å². The highest BCUT2D eigenvalue weighted by Gasteiger charge is 2.14. The van der Waals surface area contributed by atoms with Crippen molar-refractivity contribution in [2.45, 2.75) is 33.2 Å². The molecule has 1 nitrogen and oxygen atoms in total. The summed E-state index contributed by atoms with van der Waals surface area (Å²) in [6.07, 6.45) is 0.789. The van der Waals surface area contributed by atoms with Crippen LogP contribution in [0.4, 0.5) is 4.39 Å². The van der Waals surface area contributed by atoms with Crippen molar-refractivity contribution >= 4 is 0 Å². The Labute approximate surface area is 120 Å². The van der Waals surface area contributed by atoms with Gasteiger partial charge in [0.2, 0.25) is 0 Å². The zero-order chi connectivity index (χ0) is 14.7. The highest BCUT2D eigenvalue weighted by Crippen LogP contribution is 2.24. The molecule has 0 saturated heterocycles. The molecule has 0 aliphatic rings. The van der Waals surface area contributed by atoms with E-state index in [1.807, 2.05) is 13.1 Å². The Morgan fingerprint density at radius 3 is 2.35 bits per heavy atom. The third-order valence-electron chi connectivity index (χ3n) is 3.94. The molecule has 20 heavy (non-hydrogen) atoms. The van der Waals surface area contributed by atoms with E-state index >= 15 is 0 Å². The maximum atomic E-state index is 13.3. The Balaban J connectivity index is 2.31. The molecule has 0 aromatic heterocycles. The van der Waals surface area contributed by atoms with E-state index in [2.05, 4.69) is 38.2 Å². The zero-order valence-electron chi connectivity index (χ0n) is 12.6. The molecule has 0 aliphatic carbocycles. The molecule has 0 amide bonds. The van der Waals surface area contributed by atoms with E-state index in [1.165, 1.54) is 28.3 Å². The van der Waals surface area contributed by atoms with Gasteiger partial charge in [-0.05, 0) is 74.2 Å². The van der Waals surface area contributed by atoms with Crippen molar-refractivity contribution in [3.05, 3.63) is 70.0 Å². The highest BCUT2D eigenvalue weighted by atomic mass is 19.1. The third kappa shape index (κ3) is 3.26. The standard InChI is InChI=1S/C18H22FN/c1-12-8-14(3)17(9-13(12)2)18(20-4)11-15-6-5-7-16(19)10-15/h5-10,18,20H,11H2,1-4H3. The van der Waals surface area contributed by atoms with Crippen LogP contribution in [0.15, 0.2) is 36.4 Å². The zero-order valence-corrected chi connectivity index (χ0v) is 12.6. The van der Waals surface area contributed by atoms with Crippen molar-refractivity contribution in [2.75, 3.05) is 7.05 Å². The van der Waals surface area contributed by atoms with E-state index in [1.54, 1.807) is 12.1 Å². The monoisotopic (exact) mass is 271 g/mol. The number of nitrogens with one attached hydrogen (secondary N) is 1. The number of halogens is 1. The molecule has 1 atom stereocenters. The first kappa shape index (κ1) is 14.7. The number of rotatable bonds is 4. The van der Waals surface area contributed by atoms with Crippen molar-refractivity contribution in [1.82, 2.24) is 5.32 Å². The van der Waals surface area contributed by atoms with Gasteiger partial charge in [0.05, 0.1) is 0 Å². The second-order valence-electron chi connectivity index (χ2n) is 5.47. The third-order valence-corrected chi connectivity index (χ3v) is 3.94. The lowest BCUT2D eigenvalue weighted by atomic mass is 9.92. The molecule has 0 fully saturated rings. The van der Waals surface area contributed by atoms with Crippen LogP contribution in [0, 0.1) is 26.6 Å². The summed E-state index contributed by atoms with van der Waals surface area (Å²) in [6.45, 7) is 6.40. The summed E-state index contributed by atoms with van der Waals surface area (Å²) in [5, 5.41) is 3.35. The van der Waals surface area contributed by atoms with Gasteiger partial charge in [-0.15, -0.1) is 0 Å². The van der Waals surface area contributed by atoms with E-state index in [-0.39, 0.29) is 11.9 Å². The Morgan fingerprint density at radius 1 is 1.00 bits per heavy atom. The lowest BCUT2D eigenvalue weighted by Crippen LogP contribution is -2.20. The maximum Gasteiger partial charge on any atom is 0.123 e. The van der Waals surface area contributed by atoms with Crippen LogP contribution in [0.1, 0.15) is 33.9 Å². The summed E-state index contributed by atoms with van der Waals surface area (Å²) in [6, 6.07) is 11.5. The Bertz CT molecular complexity index is 604. The molecule has 1 N–H and O–H groups in total. The van der Waals surface area contributed by atoms with E-state index < -0.39 is 0 Å². The van der Waals surface area contributed by atoms with Gasteiger partial charge in [0.15, 0.2) is 0 Å². The maximum absolute atomic E-state index is 13.3. The lowest BCUT2D eigenvalue weighted by Gasteiger charge is -2.20. The summed E-state index contributed by atoms with van der Waals surface area (Å²) in [5.74, 6) is -0.172. The molecule has 106 valence electrons. The number of likely N-dealkylation sites (N-methyl/N-ethyl adjacent to an activating group) is 1. The van der Waals surface area contributed by atoms with E-state index in [4.69, 9.17) is 0 Å². The minimum atomic E-state index is -0.172. The van der Waals surface area contributed by atoms with Crippen molar-refractivity contribution in [2.24, 2.45) is 0 Å². The molecule has 2 aromatic carbocycles. The van der Waals surface area contributed by atoms with Gasteiger partial charge < -0.3 is 5.32 Å². The number of hydrogen-bond acceptors (Lipinski definition) is 1. The average molecular weight is 271 g/mol. The minimum Gasteiger partial charge on any atom is -0.313 e. The summed E-state index contributed by atoms with van der Waals surface area (Å²) in [5.41, 5.74) is 6.20. The van der Waals surface area contributed by atoms with Crippen LogP contribution >= 0.6 is 0 Å². The SMILES string of the molecule is CNC(Cc1cccc(F)c1)c1cc(C)c(C)cc1C. The van der Waals surface area contributed by atoms with Gasteiger partial charge in [0.25, 0.3) is 0 Å². The van der Waals surface area contributed by atoms with Crippen molar-refractivity contribution in [3.63, 3.8) is 0 Å². The fraction of sp³-hybridized carbons (Fsp3) is 0.333. The molecule has 0 heterocycles. The summed E-state index contributed by atoms with van der Waals surface area (Å²) >= 11 is 0. The molecular formula is C18H22FN. The summed E-state index contributed by atoms with van der Waals surface area (Å²) in [7, 11) is 1.96. The first-order chi connectivity index (χ1) is 9.51. The van der Waals surface area contributed by atoms with Gasteiger partial charge in [-0.25, -0.2) is 4.39 Å². The second-order valence-corrected chi connectivity index (χ2v) is 5.47. The molecule has 0 saturated carbocycles. The van der Waals surface area contributed by atoms with Crippen molar-refractivity contribution in [1.29, 1.82) is 0 Å². The first-order valence-corrected chi connectivity index (χ1v) is 7.00. The fourth-order valence-corrected chi connectivity index (χ4v) is 2.63. The predicted molar refractivity (Wildman–Crippen MR) is 82.6 cm³/mol. The van der Waals surface area contributed by atoms with Crippen LogP contribution in [0.2, 0.25) is 0 Å². The van der Waals surface area contributed by atoms with Gasteiger partial charge >= 0.3 is 0 Å². The van der Waals surface area contributed by atoms with Gasteiger partial charge in [0, 0.05) is 6.04 Å². The van der Waals surface area contributed by atoms with Gasteiger partial charge in [-0.3, -0.25) is 0 Å². The first-order valence-electron chi connectivity index (χ1n) is 7.00. The number of benzene rings is 2. The molecule has 0 radical (unpaired) electrons. The van der Waals surface area contributed by atoms with Crippen molar-refractivity contribution < 1.29 is 4.39 Å². The number of aryl methyl sites for hydroxylation is 3. The van der Waals surface area contributed by atoms with E-state index in [9.17, 15) is 4.39 Å². The highest BCUT2D eigenvalue weighted by molar-refractivity contribution is 5.39. The van der Waals surface area contributed by atoms with Crippen LogP contribution in [0.3, 0.4) is 0 Å². The molecule has 0 bridgehead atoms. The lowest BCUT2D eigenvalue weighted by molar-refractivity contribution is 0.581. The van der Waals surface area contributed by atoms with Gasteiger partial charge in [-0.2, -0.15) is 0 Å². The topological polar surface area (TPSA) is 12.0 Å². The largest absolute Gasteiger partial charge is 0.313 e. The fourth-order valence-electron chi connectivity index (χ4n) is 2.63. The summed E-state index contributed by atoms with van der Waals surface area (Å²) < 4.78 is 13.3. The Hall–Kier alpha value is -1.67. The van der Waals surface area contributed by atoms with Crippen LogP contribution in [0.5, 0.6) is 0 Å². The quantitative estimate of drug-likeness (QED) is 0.876. The Morgan fingerprint density at radius 2 is 1.70 bits per heavy atom. The van der Waals surface area contributed by atoms with Crippen LogP contribution in [-0.4, -0.2) is 7.05 Å². The minimum absolute atomic E-state index is 0.172. The summed E-state index contributed by atoms with van der Waals surface area (Å²) in [4.78, 5) is 0. The van der Waals surface area contributed by atoms with Crippen LogP contribution in [0.25, 0.3) is 0 Å². The smallest absolute Gasteiger partial charge is 0.123 e. The van der Waals surface area contributed by atoms with E-state index in [0.717, 1.165) is 12.0 Å². The molecule has 0 spiro atoms. The van der Waals surface area contributed by atoms with Crippen LogP contribution in [-0.2, 0) is 6.42 Å². The Kier molecular flexibility index (Phi) is 4.56. The molecular weight excluding hydrogens is 249 g/mol. The predicted octanol–water partition coefficient (Wildman–Crippen LogP) is 4.25. The molecule has 1 unspecified atom stereocenters. The van der Waals surface area contributed by atoms with Crippen molar-refractivity contribution in [3.8, 4) is 0 Å². The van der Waals surface area contributed by atoms with Gasteiger partial charge in [0.1, 0.15) is 5.82 Å². The average Bonchev–Trinajstić information content (AvgIpc) is 2.40. The molecule has 2 rings (SSSR count). The number of hydrogen-bond donors (Lipinski definition) is 1. The van der Waals surface area contributed by atoms with Gasteiger partial charge in [-0.1, -0.05) is 24.3 Å². The van der Waals surface area contributed by atoms with E-state index in [0.29, 0.717) is 0 Å². The molecule has 2 aromatic rings. The second kappa shape index (κ2) is 6.19. The molecule has 2 heteroatoms. The molecule has 0 aliphatic heterocycles.